The molecular formula is C23H26O5. The van der Waals surface area contributed by atoms with Gasteiger partial charge >= 0.3 is 5.97 Å². The molecule has 0 spiro atoms. The molecule has 0 saturated heterocycles. The summed E-state index contributed by atoms with van der Waals surface area (Å²) in [6, 6.07) is 11.6. The first-order chi connectivity index (χ1) is 13.7. The zero-order valence-electron chi connectivity index (χ0n) is 16.6. The Morgan fingerprint density at radius 3 is 2.21 bits per heavy atom. The normalized spacial score (nSPS) is 23.3. The molecular weight excluding hydrogens is 356 g/mol. The number of rotatable bonds is 4. The van der Waals surface area contributed by atoms with Crippen molar-refractivity contribution in [3.63, 3.8) is 0 Å². The van der Waals surface area contributed by atoms with E-state index in [9.17, 15) is 4.79 Å². The number of carbonyl (C=O) groups excluding carboxylic acids is 1. The third kappa shape index (κ3) is 3.24. The van der Waals surface area contributed by atoms with E-state index < -0.39 is 0 Å². The molecule has 2 aromatic rings. The van der Waals surface area contributed by atoms with Crippen molar-refractivity contribution < 1.29 is 23.7 Å². The van der Waals surface area contributed by atoms with Crippen molar-refractivity contribution in [3.8, 4) is 11.5 Å². The molecule has 2 aromatic carbocycles. The first-order valence-corrected chi connectivity index (χ1v) is 9.75. The van der Waals surface area contributed by atoms with Crippen LogP contribution >= 0.6 is 0 Å². The summed E-state index contributed by atoms with van der Waals surface area (Å²) in [6.07, 6.45) is 4.61. The molecule has 0 amide bonds. The fraction of sp³-hybridized carbons (Fsp3) is 0.435. The van der Waals surface area contributed by atoms with E-state index >= 15 is 0 Å². The van der Waals surface area contributed by atoms with Crippen LogP contribution in [0.4, 0.5) is 0 Å². The first-order valence-electron chi connectivity index (χ1n) is 9.75. The molecule has 4 rings (SSSR count). The van der Waals surface area contributed by atoms with Gasteiger partial charge < -0.3 is 18.9 Å². The Morgan fingerprint density at radius 1 is 0.929 bits per heavy atom. The number of methoxy groups -OCH3 is 3. The average molecular weight is 382 g/mol. The van der Waals surface area contributed by atoms with Crippen LogP contribution < -0.4 is 9.47 Å². The number of ether oxygens (including phenoxy) is 4. The van der Waals surface area contributed by atoms with Crippen LogP contribution in [0.2, 0.25) is 0 Å². The zero-order valence-corrected chi connectivity index (χ0v) is 16.6. The third-order valence-electron chi connectivity index (χ3n) is 5.92. The second-order valence-electron chi connectivity index (χ2n) is 7.40. The molecule has 5 nitrogen and oxygen atoms in total. The second kappa shape index (κ2) is 7.84. The summed E-state index contributed by atoms with van der Waals surface area (Å²) < 4.78 is 22.5. The summed E-state index contributed by atoms with van der Waals surface area (Å²) in [5.41, 5.74) is 3.96. The fourth-order valence-corrected chi connectivity index (χ4v) is 4.49. The van der Waals surface area contributed by atoms with Crippen molar-refractivity contribution in [1.29, 1.82) is 0 Å². The lowest BCUT2D eigenvalue weighted by Gasteiger charge is -2.41. The highest BCUT2D eigenvalue weighted by molar-refractivity contribution is 5.89. The number of hydrogen-bond donors (Lipinski definition) is 0. The van der Waals surface area contributed by atoms with E-state index in [1.54, 1.807) is 26.4 Å². The van der Waals surface area contributed by atoms with Crippen LogP contribution in [0.25, 0.3) is 0 Å². The van der Waals surface area contributed by atoms with Crippen molar-refractivity contribution in [3.05, 3.63) is 58.7 Å². The zero-order chi connectivity index (χ0) is 19.7. The Kier molecular flexibility index (Phi) is 5.27. The van der Waals surface area contributed by atoms with Crippen LogP contribution in [0.5, 0.6) is 11.5 Å². The summed E-state index contributed by atoms with van der Waals surface area (Å²) in [4.78, 5) is 11.8. The highest BCUT2D eigenvalue weighted by Crippen LogP contribution is 2.49. The summed E-state index contributed by atoms with van der Waals surface area (Å²) >= 11 is 0. The molecule has 0 radical (unpaired) electrons. The summed E-state index contributed by atoms with van der Waals surface area (Å²) in [5, 5.41) is 0. The van der Waals surface area contributed by atoms with E-state index in [-0.39, 0.29) is 18.2 Å². The molecule has 0 N–H and O–H groups in total. The van der Waals surface area contributed by atoms with E-state index in [2.05, 4.69) is 6.07 Å². The number of fused-ring (bicyclic) bond motifs is 3. The van der Waals surface area contributed by atoms with E-state index in [4.69, 9.17) is 18.9 Å². The molecule has 0 aromatic heterocycles. The minimum absolute atomic E-state index is 0.194. The highest BCUT2D eigenvalue weighted by atomic mass is 16.5. The maximum absolute atomic E-state index is 11.8. The number of esters is 1. The van der Waals surface area contributed by atoms with E-state index in [0.717, 1.165) is 29.7 Å². The molecule has 0 unspecified atom stereocenters. The van der Waals surface area contributed by atoms with Gasteiger partial charge in [-0.2, -0.15) is 0 Å². The van der Waals surface area contributed by atoms with E-state index in [1.807, 2.05) is 18.2 Å². The van der Waals surface area contributed by atoms with Gasteiger partial charge in [-0.15, -0.1) is 0 Å². The maximum atomic E-state index is 11.8. The Hall–Kier alpha value is -2.53. The van der Waals surface area contributed by atoms with Crippen LogP contribution in [0.3, 0.4) is 0 Å². The van der Waals surface area contributed by atoms with Crippen molar-refractivity contribution >= 4 is 5.97 Å². The highest BCUT2D eigenvalue weighted by Gasteiger charge is 2.38. The lowest BCUT2D eigenvalue weighted by atomic mass is 9.76. The molecule has 1 fully saturated rings. The number of benzene rings is 2. The van der Waals surface area contributed by atoms with Crippen LogP contribution in [-0.4, -0.2) is 33.4 Å². The van der Waals surface area contributed by atoms with Gasteiger partial charge in [0.05, 0.1) is 33.0 Å². The third-order valence-corrected chi connectivity index (χ3v) is 5.92. The van der Waals surface area contributed by atoms with Gasteiger partial charge in [-0.05, 0) is 53.8 Å². The van der Waals surface area contributed by atoms with Crippen molar-refractivity contribution in [2.45, 2.75) is 43.8 Å². The van der Waals surface area contributed by atoms with Crippen LogP contribution in [0, 0.1) is 0 Å². The second-order valence-corrected chi connectivity index (χ2v) is 7.40. The van der Waals surface area contributed by atoms with Gasteiger partial charge in [-0.1, -0.05) is 25.0 Å². The standard InChI is InChI=1S/C23H26O5/c1-25-20-12-17-16-6-4-5-7-19(16)28-22(18(17)13-21(20)26-2)14-8-10-15(11-9-14)23(24)27-3/h8-13,16,19,22H,4-7H2,1-3H3/t16-,19-,22-/m0/s1. The molecule has 3 atom stereocenters. The Bertz CT molecular complexity index is 858. The summed E-state index contributed by atoms with van der Waals surface area (Å²) in [7, 11) is 4.71. The number of carbonyl (C=O) groups is 1. The lowest BCUT2D eigenvalue weighted by Crippen LogP contribution is -2.33. The van der Waals surface area contributed by atoms with Gasteiger partial charge in [0, 0.05) is 5.92 Å². The minimum atomic E-state index is -0.338. The Morgan fingerprint density at radius 2 is 1.57 bits per heavy atom. The van der Waals surface area contributed by atoms with Crippen molar-refractivity contribution in [2.24, 2.45) is 0 Å². The molecule has 28 heavy (non-hydrogen) atoms. The predicted molar refractivity (Wildman–Crippen MR) is 105 cm³/mol. The topological polar surface area (TPSA) is 54.0 Å². The van der Waals surface area contributed by atoms with Crippen molar-refractivity contribution in [1.82, 2.24) is 0 Å². The van der Waals surface area contributed by atoms with Gasteiger partial charge in [-0.25, -0.2) is 4.79 Å². The maximum Gasteiger partial charge on any atom is 0.337 e. The summed E-state index contributed by atoms with van der Waals surface area (Å²) in [5.74, 6) is 1.51. The van der Waals surface area contributed by atoms with Gasteiger partial charge in [-0.3, -0.25) is 0 Å². The van der Waals surface area contributed by atoms with Crippen LogP contribution in [0.1, 0.15) is 64.8 Å². The van der Waals surface area contributed by atoms with E-state index in [0.29, 0.717) is 17.2 Å². The van der Waals surface area contributed by atoms with Crippen molar-refractivity contribution in [2.75, 3.05) is 21.3 Å². The molecule has 5 heteroatoms. The Labute approximate surface area is 165 Å². The largest absolute Gasteiger partial charge is 0.493 e. The minimum Gasteiger partial charge on any atom is -0.493 e. The molecule has 1 aliphatic heterocycles. The number of hydrogen-bond acceptors (Lipinski definition) is 5. The smallest absolute Gasteiger partial charge is 0.337 e. The van der Waals surface area contributed by atoms with E-state index in [1.165, 1.54) is 25.5 Å². The fourth-order valence-electron chi connectivity index (χ4n) is 4.49. The molecule has 1 heterocycles. The molecule has 2 aliphatic rings. The van der Waals surface area contributed by atoms with Gasteiger partial charge in [0.2, 0.25) is 0 Å². The quantitative estimate of drug-likeness (QED) is 0.721. The Balaban J connectivity index is 1.79. The van der Waals surface area contributed by atoms with Gasteiger partial charge in [0.1, 0.15) is 6.10 Å². The molecule has 148 valence electrons. The van der Waals surface area contributed by atoms with Crippen LogP contribution in [0.15, 0.2) is 36.4 Å². The average Bonchev–Trinajstić information content (AvgIpc) is 2.77. The SMILES string of the molecule is COC(=O)c1ccc([C@@H]2O[C@H]3CCCC[C@H]3c3cc(OC)c(OC)cc32)cc1. The molecule has 1 saturated carbocycles. The van der Waals surface area contributed by atoms with Gasteiger partial charge in [0.25, 0.3) is 0 Å². The molecule has 1 aliphatic carbocycles. The van der Waals surface area contributed by atoms with Gasteiger partial charge in [0.15, 0.2) is 11.5 Å². The summed E-state index contributed by atoms with van der Waals surface area (Å²) in [6.45, 7) is 0. The molecule has 0 bridgehead atoms. The first kappa shape index (κ1) is 18.8. The monoisotopic (exact) mass is 382 g/mol. The predicted octanol–water partition coefficient (Wildman–Crippen LogP) is 4.64. The lowest BCUT2D eigenvalue weighted by molar-refractivity contribution is -0.0391. The van der Waals surface area contributed by atoms with Crippen LogP contribution in [-0.2, 0) is 9.47 Å².